The molecule has 10 nitrogen and oxygen atoms in total. The Hall–Kier alpha value is -3.66. The molecule has 0 spiro atoms. The molecule has 0 N–H and O–H groups in total. The van der Waals surface area contributed by atoms with Crippen molar-refractivity contribution in [2.75, 3.05) is 34.7 Å². The zero-order valence-electron chi connectivity index (χ0n) is 18.5. The predicted molar refractivity (Wildman–Crippen MR) is 110 cm³/mol. The molecular weight excluding hydrogens is 436 g/mol. The average Bonchev–Trinajstić information content (AvgIpc) is 3.40. The maximum absolute atomic E-state index is 13.0. The fourth-order valence-electron chi connectivity index (χ4n) is 4.57. The highest BCUT2D eigenvalue weighted by molar-refractivity contribution is 5.80. The van der Waals surface area contributed by atoms with E-state index in [0.717, 1.165) is 0 Å². The summed E-state index contributed by atoms with van der Waals surface area (Å²) in [5.74, 6) is -1.52. The lowest BCUT2D eigenvalue weighted by Crippen LogP contribution is -2.51. The third-order valence-electron chi connectivity index (χ3n) is 6.03. The van der Waals surface area contributed by atoms with E-state index in [1.54, 1.807) is 24.3 Å². The predicted octanol–water partition coefficient (Wildman–Crippen LogP) is 2.40. The van der Waals surface area contributed by atoms with E-state index >= 15 is 0 Å². The third kappa shape index (κ3) is 3.20. The van der Waals surface area contributed by atoms with Crippen molar-refractivity contribution < 1.29 is 47.5 Å². The summed E-state index contributed by atoms with van der Waals surface area (Å²) < 4.78 is 44.7. The Morgan fingerprint density at radius 2 is 1.64 bits per heavy atom. The molecule has 3 heterocycles. The Bertz CT molecular complexity index is 1120. The average molecular weight is 458 g/mol. The smallest absolute Gasteiger partial charge is 0.317 e. The molecule has 10 heteroatoms. The molecule has 3 atom stereocenters. The normalized spacial score (nSPS) is 24.3. The molecule has 1 saturated heterocycles. The Kier molecular flexibility index (Phi) is 4.97. The number of hydrogen-bond acceptors (Lipinski definition) is 10. The van der Waals surface area contributed by atoms with Gasteiger partial charge in [-0.1, -0.05) is 0 Å². The van der Waals surface area contributed by atoms with Crippen molar-refractivity contribution in [1.29, 1.82) is 0 Å². The Labute approximate surface area is 189 Å². The number of hydrogen-bond donors (Lipinski definition) is 0. The van der Waals surface area contributed by atoms with Crippen molar-refractivity contribution >= 4 is 11.9 Å². The molecule has 3 aliphatic rings. The van der Waals surface area contributed by atoms with Gasteiger partial charge in [0.1, 0.15) is 11.7 Å². The second-order valence-corrected chi connectivity index (χ2v) is 7.77. The van der Waals surface area contributed by atoms with Gasteiger partial charge in [-0.3, -0.25) is 9.59 Å². The molecular formula is C23H22O10. The first kappa shape index (κ1) is 21.2. The summed E-state index contributed by atoms with van der Waals surface area (Å²) in [6.45, 7) is 1.30. The molecule has 33 heavy (non-hydrogen) atoms. The summed E-state index contributed by atoms with van der Waals surface area (Å²) in [4.78, 5) is 24.6. The summed E-state index contributed by atoms with van der Waals surface area (Å²) in [6.07, 6.45) is 0. The molecule has 0 unspecified atom stereocenters. The highest BCUT2D eigenvalue weighted by Crippen LogP contribution is 2.56. The summed E-state index contributed by atoms with van der Waals surface area (Å²) in [7, 11) is 4.37. The van der Waals surface area contributed by atoms with Gasteiger partial charge >= 0.3 is 11.9 Å². The molecule has 2 aromatic carbocycles. The topological polar surface area (TPSA) is 108 Å². The maximum atomic E-state index is 13.0. The molecule has 174 valence electrons. The van der Waals surface area contributed by atoms with E-state index in [2.05, 4.69) is 0 Å². The van der Waals surface area contributed by atoms with E-state index in [9.17, 15) is 9.59 Å². The van der Waals surface area contributed by atoms with Crippen LogP contribution in [0.25, 0.3) is 0 Å². The van der Waals surface area contributed by atoms with Gasteiger partial charge in [0.25, 0.3) is 5.79 Å². The molecule has 0 saturated carbocycles. The van der Waals surface area contributed by atoms with Gasteiger partial charge in [-0.25, -0.2) is 0 Å². The number of carbonyl (C=O) groups is 2. The first-order valence-corrected chi connectivity index (χ1v) is 10.2. The van der Waals surface area contributed by atoms with Crippen LogP contribution in [0.3, 0.4) is 0 Å². The van der Waals surface area contributed by atoms with Gasteiger partial charge in [0.15, 0.2) is 29.6 Å². The lowest BCUT2D eigenvalue weighted by Gasteiger charge is -2.41. The van der Waals surface area contributed by atoms with Crippen LogP contribution in [0.2, 0.25) is 0 Å². The third-order valence-corrected chi connectivity index (χ3v) is 6.03. The van der Waals surface area contributed by atoms with Crippen LogP contribution in [-0.4, -0.2) is 52.5 Å². The number of carbonyl (C=O) groups excluding carboxylic acids is 2. The van der Waals surface area contributed by atoms with Crippen LogP contribution in [0, 0.1) is 5.92 Å². The molecule has 2 aromatic rings. The number of ether oxygens (including phenoxy) is 8. The molecule has 3 aliphatic heterocycles. The second kappa shape index (κ2) is 7.73. The standard InChI is InChI=1S/C23H22O10/c1-11(24)32-21-17(26-2)5-12(6-18(21)27-3)19-13-7-15-16(31-10-30-15)8-14(13)33-23(28-4)9-29-22(25)20(19)23/h5-8,19-20H,9-10H2,1-4H3/t19-,20-,23-/m1/s1. The van der Waals surface area contributed by atoms with Crippen LogP contribution >= 0.6 is 0 Å². The van der Waals surface area contributed by atoms with Crippen LogP contribution in [0.1, 0.15) is 24.0 Å². The van der Waals surface area contributed by atoms with E-state index < -0.39 is 29.6 Å². The number of benzene rings is 2. The molecule has 0 aliphatic carbocycles. The maximum Gasteiger partial charge on any atom is 0.317 e. The summed E-state index contributed by atoms with van der Waals surface area (Å²) >= 11 is 0. The zero-order chi connectivity index (χ0) is 23.3. The van der Waals surface area contributed by atoms with Gasteiger partial charge in [0.2, 0.25) is 12.5 Å². The zero-order valence-corrected chi connectivity index (χ0v) is 18.5. The van der Waals surface area contributed by atoms with Crippen molar-refractivity contribution in [3.63, 3.8) is 0 Å². The number of fused-ring (bicyclic) bond motifs is 3. The molecule has 0 bridgehead atoms. The van der Waals surface area contributed by atoms with Crippen molar-refractivity contribution in [1.82, 2.24) is 0 Å². The largest absolute Gasteiger partial charge is 0.493 e. The quantitative estimate of drug-likeness (QED) is 0.490. The van der Waals surface area contributed by atoms with Gasteiger partial charge in [0, 0.05) is 31.6 Å². The number of cyclic esters (lactones) is 1. The fraction of sp³-hybridized carbons (Fsp3) is 0.391. The minimum absolute atomic E-state index is 0.0722. The van der Waals surface area contributed by atoms with Crippen molar-refractivity contribution in [2.24, 2.45) is 5.92 Å². The first-order chi connectivity index (χ1) is 15.9. The Morgan fingerprint density at radius 1 is 0.970 bits per heavy atom. The van der Waals surface area contributed by atoms with E-state index in [4.69, 9.17) is 37.9 Å². The highest BCUT2D eigenvalue weighted by Gasteiger charge is 2.61. The van der Waals surface area contributed by atoms with Crippen LogP contribution < -0.4 is 28.4 Å². The van der Waals surface area contributed by atoms with E-state index in [1.807, 2.05) is 0 Å². The number of methoxy groups -OCH3 is 3. The van der Waals surface area contributed by atoms with Crippen molar-refractivity contribution in [3.05, 3.63) is 35.4 Å². The van der Waals surface area contributed by atoms with Gasteiger partial charge in [-0.15, -0.1) is 0 Å². The van der Waals surface area contributed by atoms with Gasteiger partial charge in [0.05, 0.1) is 14.2 Å². The number of esters is 2. The van der Waals surface area contributed by atoms with Crippen LogP contribution in [0.4, 0.5) is 0 Å². The van der Waals surface area contributed by atoms with Crippen LogP contribution in [-0.2, 0) is 19.1 Å². The lowest BCUT2D eigenvalue weighted by molar-refractivity contribution is -0.195. The van der Waals surface area contributed by atoms with Crippen LogP contribution in [0.5, 0.6) is 34.5 Å². The lowest BCUT2D eigenvalue weighted by atomic mass is 9.75. The molecule has 1 fully saturated rings. The molecule has 0 radical (unpaired) electrons. The second-order valence-electron chi connectivity index (χ2n) is 7.77. The van der Waals surface area contributed by atoms with Gasteiger partial charge in [-0.2, -0.15) is 0 Å². The SMILES string of the molecule is COc1cc([C@@H]2c3cc4c(cc3O[C@]3(OC)COC(=O)[C@@H]23)OCO4)cc(OC)c1OC(C)=O. The minimum atomic E-state index is -1.34. The number of rotatable bonds is 5. The highest BCUT2D eigenvalue weighted by atomic mass is 16.7. The van der Waals surface area contributed by atoms with E-state index in [1.165, 1.54) is 28.3 Å². The van der Waals surface area contributed by atoms with Gasteiger partial charge < -0.3 is 37.9 Å². The van der Waals surface area contributed by atoms with Crippen molar-refractivity contribution in [2.45, 2.75) is 18.6 Å². The minimum Gasteiger partial charge on any atom is -0.493 e. The molecule has 0 aromatic heterocycles. The summed E-state index contributed by atoms with van der Waals surface area (Å²) in [5, 5.41) is 0. The Balaban J connectivity index is 1.74. The van der Waals surface area contributed by atoms with E-state index in [-0.39, 0.29) is 30.6 Å². The summed E-state index contributed by atoms with van der Waals surface area (Å²) in [6, 6.07) is 6.88. The van der Waals surface area contributed by atoms with Crippen molar-refractivity contribution in [3.8, 4) is 34.5 Å². The first-order valence-electron chi connectivity index (χ1n) is 10.2. The summed E-state index contributed by atoms with van der Waals surface area (Å²) in [5.41, 5.74) is 1.33. The Morgan fingerprint density at radius 3 is 2.24 bits per heavy atom. The fourth-order valence-corrected chi connectivity index (χ4v) is 4.57. The molecule has 5 rings (SSSR count). The van der Waals surface area contributed by atoms with E-state index in [0.29, 0.717) is 28.4 Å². The van der Waals surface area contributed by atoms with Gasteiger partial charge in [-0.05, 0) is 23.8 Å². The van der Waals surface area contributed by atoms with Crippen LogP contribution in [0.15, 0.2) is 24.3 Å². The molecule has 0 amide bonds. The monoisotopic (exact) mass is 458 g/mol.